The van der Waals surface area contributed by atoms with Gasteiger partial charge in [0.2, 0.25) is 0 Å². The Balaban J connectivity index is 1.63. The van der Waals surface area contributed by atoms with Crippen LogP contribution in [0.2, 0.25) is 0 Å². The SMILES string of the molecule is C=C(CC[C@@H](C)[C@H]1CC[C@@]2(C)C3=CC[C@H]4C(C)(C)CCC[C@]4(C)C3=CC[C@]12C)C(C)C. The predicted molar refractivity (Wildman–Crippen MR) is 136 cm³/mol. The van der Waals surface area contributed by atoms with Gasteiger partial charge in [0.05, 0.1) is 0 Å². The van der Waals surface area contributed by atoms with Crippen molar-refractivity contribution >= 4 is 0 Å². The Hall–Kier alpha value is -0.780. The van der Waals surface area contributed by atoms with Gasteiger partial charge in [-0.25, -0.2) is 0 Å². The third kappa shape index (κ3) is 3.36. The summed E-state index contributed by atoms with van der Waals surface area (Å²) in [4.78, 5) is 0. The quantitative estimate of drug-likeness (QED) is 0.387. The zero-order valence-corrected chi connectivity index (χ0v) is 22.0. The van der Waals surface area contributed by atoms with Crippen LogP contribution in [0.3, 0.4) is 0 Å². The number of rotatable bonds is 5. The minimum absolute atomic E-state index is 0.362. The van der Waals surface area contributed by atoms with Gasteiger partial charge in [0, 0.05) is 0 Å². The van der Waals surface area contributed by atoms with Crippen molar-refractivity contribution in [1.29, 1.82) is 0 Å². The Morgan fingerprint density at radius 2 is 1.71 bits per heavy atom. The second-order valence-corrected chi connectivity index (χ2v) is 13.7. The molecule has 4 rings (SSSR count). The monoisotopic (exact) mass is 422 g/mol. The van der Waals surface area contributed by atoms with Gasteiger partial charge in [-0.2, -0.15) is 0 Å². The highest BCUT2D eigenvalue weighted by molar-refractivity contribution is 5.49. The minimum Gasteiger partial charge on any atom is -0.0996 e. The maximum absolute atomic E-state index is 4.36. The van der Waals surface area contributed by atoms with Crippen LogP contribution >= 0.6 is 0 Å². The molecule has 2 fully saturated rings. The molecule has 0 aromatic carbocycles. The van der Waals surface area contributed by atoms with Crippen LogP contribution in [0.5, 0.6) is 0 Å². The summed E-state index contributed by atoms with van der Waals surface area (Å²) < 4.78 is 0. The van der Waals surface area contributed by atoms with E-state index in [9.17, 15) is 0 Å². The highest BCUT2D eigenvalue weighted by Gasteiger charge is 2.62. The van der Waals surface area contributed by atoms with Gasteiger partial charge in [-0.15, -0.1) is 0 Å². The van der Waals surface area contributed by atoms with Crippen LogP contribution in [-0.4, -0.2) is 0 Å². The van der Waals surface area contributed by atoms with E-state index in [1.807, 2.05) is 0 Å². The smallest absolute Gasteiger partial charge is 0.00160 e. The molecular weight excluding hydrogens is 372 g/mol. The van der Waals surface area contributed by atoms with E-state index in [2.05, 4.69) is 74.1 Å². The third-order valence-corrected chi connectivity index (χ3v) is 11.5. The Bertz CT molecular complexity index is 791. The van der Waals surface area contributed by atoms with Crippen LogP contribution in [0.4, 0.5) is 0 Å². The summed E-state index contributed by atoms with van der Waals surface area (Å²) in [5, 5.41) is 0. The number of hydrogen-bond acceptors (Lipinski definition) is 0. The van der Waals surface area contributed by atoms with Crippen molar-refractivity contribution in [3.63, 3.8) is 0 Å². The molecule has 0 aromatic heterocycles. The van der Waals surface area contributed by atoms with Gasteiger partial charge in [0.15, 0.2) is 0 Å². The van der Waals surface area contributed by atoms with Crippen molar-refractivity contribution in [2.75, 3.05) is 0 Å². The normalized spacial score (nSPS) is 42.2. The molecule has 0 saturated heterocycles. The average molecular weight is 423 g/mol. The first-order chi connectivity index (χ1) is 14.4. The highest BCUT2D eigenvalue weighted by Crippen LogP contribution is 2.71. The van der Waals surface area contributed by atoms with Crippen molar-refractivity contribution in [2.45, 2.75) is 113 Å². The second-order valence-electron chi connectivity index (χ2n) is 13.7. The number of hydrogen-bond donors (Lipinski definition) is 0. The molecule has 31 heavy (non-hydrogen) atoms. The molecule has 174 valence electrons. The fraction of sp³-hybridized carbons (Fsp3) is 0.806. The maximum atomic E-state index is 4.36. The summed E-state index contributed by atoms with van der Waals surface area (Å²) in [6, 6.07) is 0. The summed E-state index contributed by atoms with van der Waals surface area (Å²) in [7, 11) is 0. The third-order valence-electron chi connectivity index (χ3n) is 11.5. The summed E-state index contributed by atoms with van der Waals surface area (Å²) in [6.07, 6.45) is 17.6. The van der Waals surface area contributed by atoms with Crippen LogP contribution in [0.15, 0.2) is 35.5 Å². The zero-order valence-electron chi connectivity index (χ0n) is 22.0. The molecule has 0 aromatic rings. The minimum atomic E-state index is 0.362. The Kier molecular flexibility index (Phi) is 5.76. The van der Waals surface area contributed by atoms with Crippen LogP contribution in [0, 0.1) is 45.3 Å². The number of allylic oxidation sites excluding steroid dienone is 5. The second kappa shape index (κ2) is 7.63. The van der Waals surface area contributed by atoms with E-state index < -0.39 is 0 Å². The molecule has 6 atom stereocenters. The molecule has 0 unspecified atom stereocenters. The van der Waals surface area contributed by atoms with Gasteiger partial charge >= 0.3 is 0 Å². The first kappa shape index (κ1) is 23.4. The summed E-state index contributed by atoms with van der Waals surface area (Å²) in [5.74, 6) is 3.07. The van der Waals surface area contributed by atoms with E-state index >= 15 is 0 Å². The summed E-state index contributed by atoms with van der Waals surface area (Å²) in [5.41, 5.74) is 6.64. The molecule has 4 aliphatic carbocycles. The predicted octanol–water partition coefficient (Wildman–Crippen LogP) is 9.53. The summed E-state index contributed by atoms with van der Waals surface area (Å²) in [6.45, 7) is 24.5. The molecule has 0 amide bonds. The molecule has 0 radical (unpaired) electrons. The van der Waals surface area contributed by atoms with E-state index in [1.165, 1.54) is 63.4 Å². The zero-order chi connectivity index (χ0) is 22.8. The van der Waals surface area contributed by atoms with Gasteiger partial charge in [0.25, 0.3) is 0 Å². The topological polar surface area (TPSA) is 0 Å². The fourth-order valence-electron chi connectivity index (χ4n) is 8.95. The lowest BCUT2D eigenvalue weighted by atomic mass is 9.44. The largest absolute Gasteiger partial charge is 0.0996 e. The molecule has 2 saturated carbocycles. The molecule has 0 N–H and O–H groups in total. The van der Waals surface area contributed by atoms with E-state index in [-0.39, 0.29) is 0 Å². The molecule has 0 bridgehead atoms. The van der Waals surface area contributed by atoms with Gasteiger partial charge < -0.3 is 0 Å². The standard InChI is InChI=1S/C31H50/c1-21(2)22(3)11-12-23(4)24-15-19-31(9)26-13-14-27-28(5,6)17-10-18-29(27,7)25(26)16-20-30(24,31)8/h13,16,21,23-24,27H,3,10-12,14-15,17-20H2,1-2,4-9H3/t23-,24-,27+,29-,30-,31+/m1/s1. The molecular formula is C31H50. The van der Waals surface area contributed by atoms with Crippen molar-refractivity contribution in [1.82, 2.24) is 0 Å². The van der Waals surface area contributed by atoms with E-state index in [1.54, 1.807) is 11.1 Å². The molecule has 0 heterocycles. The van der Waals surface area contributed by atoms with Crippen LogP contribution in [-0.2, 0) is 0 Å². The molecule has 0 aliphatic heterocycles. The first-order valence-corrected chi connectivity index (χ1v) is 13.5. The Labute approximate surface area is 194 Å². The van der Waals surface area contributed by atoms with Crippen molar-refractivity contribution in [2.24, 2.45) is 45.3 Å². The Morgan fingerprint density at radius 3 is 2.39 bits per heavy atom. The first-order valence-electron chi connectivity index (χ1n) is 13.5. The number of fused-ring (bicyclic) bond motifs is 5. The van der Waals surface area contributed by atoms with Gasteiger partial charge in [-0.05, 0) is 108 Å². The summed E-state index contributed by atoms with van der Waals surface area (Å²) >= 11 is 0. The van der Waals surface area contributed by atoms with E-state index in [0.29, 0.717) is 27.6 Å². The van der Waals surface area contributed by atoms with Gasteiger partial charge in [-0.3, -0.25) is 0 Å². The molecule has 0 spiro atoms. The lowest BCUT2D eigenvalue weighted by molar-refractivity contribution is 0.00753. The van der Waals surface area contributed by atoms with Gasteiger partial charge in [-0.1, -0.05) is 86.1 Å². The molecule has 0 heteroatoms. The van der Waals surface area contributed by atoms with E-state index in [0.717, 1.165) is 17.8 Å². The Morgan fingerprint density at radius 1 is 1.00 bits per heavy atom. The van der Waals surface area contributed by atoms with E-state index in [4.69, 9.17) is 0 Å². The van der Waals surface area contributed by atoms with Crippen molar-refractivity contribution < 1.29 is 0 Å². The lowest BCUT2D eigenvalue weighted by Crippen LogP contribution is -2.50. The van der Waals surface area contributed by atoms with Crippen LogP contribution < -0.4 is 0 Å². The molecule has 0 nitrogen and oxygen atoms in total. The van der Waals surface area contributed by atoms with Gasteiger partial charge in [0.1, 0.15) is 0 Å². The van der Waals surface area contributed by atoms with Crippen LogP contribution in [0.25, 0.3) is 0 Å². The lowest BCUT2D eigenvalue weighted by Gasteiger charge is -2.60. The highest BCUT2D eigenvalue weighted by atomic mass is 14.7. The average Bonchev–Trinajstić information content (AvgIpc) is 2.96. The van der Waals surface area contributed by atoms with Crippen molar-refractivity contribution in [3.05, 3.63) is 35.5 Å². The maximum Gasteiger partial charge on any atom is -0.00160 e. The van der Waals surface area contributed by atoms with Crippen molar-refractivity contribution in [3.8, 4) is 0 Å². The fourth-order valence-corrected chi connectivity index (χ4v) is 8.95. The van der Waals surface area contributed by atoms with Crippen LogP contribution in [0.1, 0.15) is 113 Å². The molecule has 4 aliphatic rings.